The summed E-state index contributed by atoms with van der Waals surface area (Å²) in [5.74, 6) is 0. The van der Waals surface area contributed by atoms with Gasteiger partial charge in [0.05, 0.1) is 11.2 Å². The third-order valence-electron chi connectivity index (χ3n) is 3.38. The molecule has 0 saturated carbocycles. The van der Waals surface area contributed by atoms with E-state index in [0.29, 0.717) is 16.0 Å². The SMILES string of the molecule is C=Cc1c(C=C)n(F)c2ccc(/C(C)=C/C=C\C)cc12.CC.CC. The maximum atomic E-state index is 14.2. The Labute approximate surface area is 146 Å². The Morgan fingerprint density at radius 1 is 1.08 bits per heavy atom. The van der Waals surface area contributed by atoms with Gasteiger partial charge < -0.3 is 0 Å². The zero-order valence-electron chi connectivity index (χ0n) is 15.9. The average molecular weight is 327 g/mol. The number of halogens is 1. The van der Waals surface area contributed by atoms with Crippen LogP contribution in [-0.4, -0.2) is 4.79 Å². The second kappa shape index (κ2) is 11.2. The summed E-state index contributed by atoms with van der Waals surface area (Å²) in [6.07, 6.45) is 9.19. The van der Waals surface area contributed by atoms with Gasteiger partial charge in [-0.05, 0) is 43.2 Å². The molecular weight excluding hydrogens is 297 g/mol. The molecular formula is C22H30FN. The Hall–Kier alpha value is -2.35. The van der Waals surface area contributed by atoms with Crippen LogP contribution >= 0.6 is 0 Å². The molecule has 0 unspecified atom stereocenters. The van der Waals surface area contributed by atoms with Crippen LogP contribution in [0.4, 0.5) is 4.48 Å². The molecule has 0 aliphatic rings. The first kappa shape index (κ1) is 21.7. The quantitative estimate of drug-likeness (QED) is 0.507. The molecule has 0 saturated heterocycles. The lowest BCUT2D eigenvalue weighted by atomic mass is 10.0. The fourth-order valence-electron chi connectivity index (χ4n) is 2.28. The van der Waals surface area contributed by atoms with Crippen LogP contribution in [0.2, 0.25) is 0 Å². The van der Waals surface area contributed by atoms with E-state index in [0.717, 1.165) is 22.1 Å². The van der Waals surface area contributed by atoms with Crippen molar-refractivity contribution in [2.45, 2.75) is 41.5 Å². The zero-order valence-corrected chi connectivity index (χ0v) is 15.9. The van der Waals surface area contributed by atoms with Gasteiger partial charge in [0.25, 0.3) is 0 Å². The molecule has 2 rings (SSSR count). The van der Waals surface area contributed by atoms with Gasteiger partial charge in [-0.2, -0.15) is 4.79 Å². The van der Waals surface area contributed by atoms with Gasteiger partial charge in [-0.3, -0.25) is 0 Å². The number of hydrogen-bond donors (Lipinski definition) is 0. The first-order chi connectivity index (χ1) is 11.6. The number of allylic oxidation sites excluding steroid dienone is 4. The Balaban J connectivity index is 0.00000123. The Morgan fingerprint density at radius 3 is 2.21 bits per heavy atom. The van der Waals surface area contributed by atoms with Gasteiger partial charge in [0, 0.05) is 10.9 Å². The maximum absolute atomic E-state index is 14.2. The van der Waals surface area contributed by atoms with Crippen molar-refractivity contribution >= 4 is 28.6 Å². The average Bonchev–Trinajstić information content (AvgIpc) is 2.93. The minimum Gasteiger partial charge on any atom is -0.179 e. The van der Waals surface area contributed by atoms with Crippen molar-refractivity contribution in [2.75, 3.05) is 0 Å². The van der Waals surface area contributed by atoms with Crippen LogP contribution in [0.25, 0.3) is 28.6 Å². The predicted molar refractivity (Wildman–Crippen MR) is 110 cm³/mol. The summed E-state index contributed by atoms with van der Waals surface area (Å²) >= 11 is 0. The molecule has 0 aliphatic carbocycles. The Bertz CT molecular complexity index is 730. The fourth-order valence-corrected chi connectivity index (χ4v) is 2.28. The third-order valence-corrected chi connectivity index (χ3v) is 3.38. The van der Waals surface area contributed by atoms with Crippen molar-refractivity contribution in [1.29, 1.82) is 0 Å². The van der Waals surface area contributed by atoms with E-state index in [-0.39, 0.29) is 0 Å². The number of aromatic nitrogens is 1. The topological polar surface area (TPSA) is 4.93 Å². The van der Waals surface area contributed by atoms with Gasteiger partial charge in [-0.15, -0.1) is 0 Å². The van der Waals surface area contributed by atoms with Crippen molar-refractivity contribution in [3.05, 3.63) is 66.4 Å². The van der Waals surface area contributed by atoms with Crippen LogP contribution in [0.15, 0.2) is 49.6 Å². The summed E-state index contributed by atoms with van der Waals surface area (Å²) in [5, 5.41) is 0.850. The molecule has 2 heteroatoms. The van der Waals surface area contributed by atoms with Crippen molar-refractivity contribution in [1.82, 2.24) is 4.79 Å². The molecule has 24 heavy (non-hydrogen) atoms. The number of hydrogen-bond acceptors (Lipinski definition) is 0. The minimum atomic E-state index is 0.447. The van der Waals surface area contributed by atoms with Gasteiger partial charge in [0.1, 0.15) is 0 Å². The first-order valence-electron chi connectivity index (χ1n) is 8.53. The van der Waals surface area contributed by atoms with Crippen LogP contribution in [0, 0.1) is 0 Å². The Kier molecular flexibility index (Phi) is 10.1. The lowest BCUT2D eigenvalue weighted by molar-refractivity contribution is 0.384. The van der Waals surface area contributed by atoms with E-state index in [1.54, 1.807) is 12.1 Å². The van der Waals surface area contributed by atoms with Crippen LogP contribution in [0.1, 0.15) is 58.4 Å². The highest BCUT2D eigenvalue weighted by atomic mass is 19.2. The molecule has 0 spiro atoms. The number of benzene rings is 1. The number of nitrogens with zero attached hydrogens (tertiary/aromatic N) is 1. The lowest BCUT2D eigenvalue weighted by Gasteiger charge is -2.02. The lowest BCUT2D eigenvalue weighted by Crippen LogP contribution is -1.85. The molecule has 130 valence electrons. The molecule has 0 atom stereocenters. The summed E-state index contributed by atoms with van der Waals surface area (Å²) in [7, 11) is 0. The molecule has 0 fully saturated rings. The molecule has 1 nitrogen and oxygen atoms in total. The van der Waals surface area contributed by atoms with E-state index in [4.69, 9.17) is 0 Å². The van der Waals surface area contributed by atoms with Crippen LogP contribution in [0.5, 0.6) is 0 Å². The van der Waals surface area contributed by atoms with Gasteiger partial charge in [0.15, 0.2) is 0 Å². The molecule has 2 aromatic rings. The van der Waals surface area contributed by atoms with E-state index in [9.17, 15) is 4.48 Å². The van der Waals surface area contributed by atoms with Gasteiger partial charge in [-0.1, -0.05) is 75.7 Å². The van der Waals surface area contributed by atoms with Gasteiger partial charge in [0.2, 0.25) is 0 Å². The van der Waals surface area contributed by atoms with Crippen LogP contribution in [-0.2, 0) is 0 Å². The molecule has 1 aromatic carbocycles. The molecule has 0 radical (unpaired) electrons. The Morgan fingerprint density at radius 2 is 1.71 bits per heavy atom. The van der Waals surface area contributed by atoms with E-state index < -0.39 is 0 Å². The molecule has 0 bridgehead atoms. The van der Waals surface area contributed by atoms with Crippen LogP contribution < -0.4 is 0 Å². The number of fused-ring (bicyclic) bond motifs is 1. The summed E-state index contributed by atoms with van der Waals surface area (Å²) < 4.78 is 14.2. The fraction of sp³-hybridized carbons (Fsp3) is 0.273. The van der Waals surface area contributed by atoms with Crippen molar-refractivity contribution in [2.24, 2.45) is 0 Å². The third kappa shape index (κ3) is 4.58. The number of rotatable bonds is 4. The second-order valence-electron chi connectivity index (χ2n) is 4.60. The molecule has 0 aliphatic heterocycles. The predicted octanol–water partition coefficient (Wildman–Crippen LogP) is 7.69. The molecule has 1 aromatic heterocycles. The summed E-state index contributed by atoms with van der Waals surface area (Å²) in [6, 6.07) is 5.70. The minimum absolute atomic E-state index is 0.447. The maximum Gasteiger partial charge on any atom is 0.0826 e. The highest BCUT2D eigenvalue weighted by Gasteiger charge is 2.13. The van der Waals surface area contributed by atoms with Gasteiger partial charge >= 0.3 is 0 Å². The highest BCUT2D eigenvalue weighted by molar-refractivity contribution is 5.95. The van der Waals surface area contributed by atoms with Crippen LogP contribution in [0.3, 0.4) is 0 Å². The first-order valence-corrected chi connectivity index (χ1v) is 8.53. The molecule has 0 N–H and O–H groups in total. The van der Waals surface area contributed by atoms with Crippen molar-refractivity contribution < 1.29 is 4.48 Å². The largest absolute Gasteiger partial charge is 0.179 e. The zero-order chi connectivity index (χ0) is 18.7. The van der Waals surface area contributed by atoms with E-state index in [2.05, 4.69) is 13.2 Å². The normalized spacial score (nSPS) is 10.7. The van der Waals surface area contributed by atoms with E-state index >= 15 is 0 Å². The van der Waals surface area contributed by atoms with Crippen molar-refractivity contribution in [3.8, 4) is 0 Å². The van der Waals surface area contributed by atoms with E-state index in [1.807, 2.05) is 71.9 Å². The molecule has 1 heterocycles. The second-order valence-corrected chi connectivity index (χ2v) is 4.60. The van der Waals surface area contributed by atoms with Crippen molar-refractivity contribution in [3.63, 3.8) is 0 Å². The highest BCUT2D eigenvalue weighted by Crippen LogP contribution is 2.30. The smallest absolute Gasteiger partial charge is 0.0826 e. The van der Waals surface area contributed by atoms with E-state index in [1.165, 1.54) is 6.08 Å². The standard InChI is InChI=1S/C18H18FN.2C2H6/c1-5-8-9-13(4)14-10-11-18-16(12-14)15(6-2)17(7-3)20(18)19;2*1-2/h5-12H,2-3H2,1,4H3;2*1-2H3/b8-5-,13-9+;;. The summed E-state index contributed by atoms with van der Waals surface area (Å²) in [5.41, 5.74) is 3.96. The summed E-state index contributed by atoms with van der Waals surface area (Å²) in [4.78, 5) is 0.661. The van der Waals surface area contributed by atoms with Gasteiger partial charge in [-0.25, -0.2) is 0 Å². The molecule has 0 amide bonds. The monoisotopic (exact) mass is 327 g/mol. The summed E-state index contributed by atoms with van der Waals surface area (Å²) in [6.45, 7) is 19.4.